The minimum absolute atomic E-state index is 0.0995. The van der Waals surface area contributed by atoms with Gasteiger partial charge in [0.05, 0.1) is 10.7 Å². The number of aliphatic carboxylic acids is 1. The van der Waals surface area contributed by atoms with Gasteiger partial charge < -0.3 is 15.3 Å². The highest BCUT2D eigenvalue weighted by Crippen LogP contribution is 2.33. The fourth-order valence-corrected chi connectivity index (χ4v) is 3.21. The molecule has 0 saturated carbocycles. The maximum atomic E-state index is 12.6. The second kappa shape index (κ2) is 8.06. The van der Waals surface area contributed by atoms with Crippen molar-refractivity contribution >= 4 is 46.7 Å². The highest BCUT2D eigenvalue weighted by atomic mass is 35.5. The molecule has 1 saturated heterocycles. The van der Waals surface area contributed by atoms with Crippen LogP contribution in [0.4, 0.5) is 5.69 Å². The standard InChI is InChI=1S/C17H20Cl2N2O4/c1-9(2)7-13(17(24)25)20-15(22)11-5-6-21(16(11)23)14-8-10(18)3-4-12(14)19/h3-4,8-9,11,13H,5-7H2,1-2H3,(H,20,22)(H,24,25). The molecule has 25 heavy (non-hydrogen) atoms. The quantitative estimate of drug-likeness (QED) is 0.735. The summed E-state index contributed by atoms with van der Waals surface area (Å²) in [4.78, 5) is 37.7. The molecular formula is C17H20Cl2N2O4. The van der Waals surface area contributed by atoms with Crippen LogP contribution in [0, 0.1) is 11.8 Å². The summed E-state index contributed by atoms with van der Waals surface area (Å²) in [5.74, 6) is -2.91. The highest BCUT2D eigenvalue weighted by molar-refractivity contribution is 6.36. The van der Waals surface area contributed by atoms with Gasteiger partial charge in [-0.1, -0.05) is 37.0 Å². The molecule has 136 valence electrons. The summed E-state index contributed by atoms with van der Waals surface area (Å²) >= 11 is 12.1. The average molecular weight is 387 g/mol. The second-order valence-electron chi connectivity index (χ2n) is 6.46. The molecule has 1 aromatic rings. The van der Waals surface area contributed by atoms with Crippen LogP contribution in [0.15, 0.2) is 18.2 Å². The molecule has 1 aliphatic heterocycles. The zero-order valence-electron chi connectivity index (χ0n) is 14.0. The molecule has 2 amide bonds. The van der Waals surface area contributed by atoms with Gasteiger partial charge >= 0.3 is 5.97 Å². The number of nitrogens with one attached hydrogen (secondary N) is 1. The van der Waals surface area contributed by atoms with Crippen molar-refractivity contribution in [3.63, 3.8) is 0 Å². The lowest BCUT2D eigenvalue weighted by Crippen LogP contribution is -2.46. The van der Waals surface area contributed by atoms with Crippen LogP contribution in [0.25, 0.3) is 0 Å². The number of benzene rings is 1. The molecule has 6 nitrogen and oxygen atoms in total. The molecule has 2 N–H and O–H groups in total. The van der Waals surface area contributed by atoms with Crippen LogP contribution in [0.3, 0.4) is 0 Å². The topological polar surface area (TPSA) is 86.7 Å². The first-order chi connectivity index (χ1) is 11.7. The van der Waals surface area contributed by atoms with E-state index in [1.54, 1.807) is 18.2 Å². The zero-order valence-corrected chi connectivity index (χ0v) is 15.5. The summed E-state index contributed by atoms with van der Waals surface area (Å²) in [6.07, 6.45) is 0.591. The van der Waals surface area contributed by atoms with Gasteiger partial charge in [-0.05, 0) is 37.0 Å². The number of carbonyl (C=O) groups excluding carboxylic acids is 2. The van der Waals surface area contributed by atoms with Crippen molar-refractivity contribution in [1.29, 1.82) is 0 Å². The first-order valence-electron chi connectivity index (χ1n) is 8.00. The van der Waals surface area contributed by atoms with Crippen molar-refractivity contribution in [3.05, 3.63) is 28.2 Å². The van der Waals surface area contributed by atoms with Crippen LogP contribution in [-0.2, 0) is 14.4 Å². The predicted molar refractivity (Wildman–Crippen MR) is 95.9 cm³/mol. The Morgan fingerprint density at radius 3 is 2.64 bits per heavy atom. The second-order valence-corrected chi connectivity index (χ2v) is 7.30. The number of nitrogens with zero attached hydrogens (tertiary/aromatic N) is 1. The van der Waals surface area contributed by atoms with E-state index in [9.17, 15) is 19.5 Å². The number of carboxylic acid groups (broad SMARTS) is 1. The van der Waals surface area contributed by atoms with E-state index in [2.05, 4.69) is 5.32 Å². The van der Waals surface area contributed by atoms with E-state index < -0.39 is 29.7 Å². The monoisotopic (exact) mass is 386 g/mol. The Morgan fingerprint density at radius 2 is 2.04 bits per heavy atom. The molecule has 2 rings (SSSR count). The third kappa shape index (κ3) is 4.64. The lowest BCUT2D eigenvalue weighted by atomic mass is 10.0. The van der Waals surface area contributed by atoms with Gasteiger partial charge in [-0.2, -0.15) is 0 Å². The van der Waals surface area contributed by atoms with Gasteiger partial charge in [0.1, 0.15) is 12.0 Å². The third-order valence-corrected chi connectivity index (χ3v) is 4.60. The molecule has 0 aromatic heterocycles. The van der Waals surface area contributed by atoms with Gasteiger partial charge in [-0.25, -0.2) is 4.79 Å². The van der Waals surface area contributed by atoms with Gasteiger partial charge in [0.25, 0.3) is 0 Å². The van der Waals surface area contributed by atoms with Gasteiger partial charge in [-0.3, -0.25) is 9.59 Å². The van der Waals surface area contributed by atoms with Crippen molar-refractivity contribution in [2.45, 2.75) is 32.7 Å². The maximum Gasteiger partial charge on any atom is 0.326 e. The minimum Gasteiger partial charge on any atom is -0.480 e. The van der Waals surface area contributed by atoms with Crippen LogP contribution < -0.4 is 10.2 Å². The van der Waals surface area contributed by atoms with Crippen LogP contribution in [0.5, 0.6) is 0 Å². The number of carboxylic acids is 1. The summed E-state index contributed by atoms with van der Waals surface area (Å²) in [5, 5.41) is 12.5. The Kier molecular flexibility index (Phi) is 6.30. The minimum atomic E-state index is -1.11. The summed E-state index contributed by atoms with van der Waals surface area (Å²) in [6.45, 7) is 4.05. The number of halogens is 2. The number of anilines is 1. The molecule has 2 unspecified atom stereocenters. The van der Waals surface area contributed by atoms with Gasteiger partial charge in [0.15, 0.2) is 0 Å². The maximum absolute atomic E-state index is 12.6. The van der Waals surface area contributed by atoms with E-state index >= 15 is 0 Å². The molecule has 2 atom stereocenters. The third-order valence-electron chi connectivity index (χ3n) is 4.04. The summed E-state index contributed by atoms with van der Waals surface area (Å²) < 4.78 is 0. The van der Waals surface area contributed by atoms with E-state index in [4.69, 9.17) is 23.2 Å². The van der Waals surface area contributed by atoms with Gasteiger partial charge in [0.2, 0.25) is 11.8 Å². The number of hydrogen-bond donors (Lipinski definition) is 2. The molecule has 0 bridgehead atoms. The number of carbonyl (C=O) groups is 3. The molecule has 0 radical (unpaired) electrons. The van der Waals surface area contributed by atoms with Crippen LogP contribution in [-0.4, -0.2) is 35.5 Å². The summed E-state index contributed by atoms with van der Waals surface area (Å²) in [5.41, 5.74) is 0.450. The van der Waals surface area contributed by atoms with E-state index in [1.165, 1.54) is 4.90 Å². The first kappa shape index (κ1) is 19.5. The molecule has 1 fully saturated rings. The lowest BCUT2D eigenvalue weighted by molar-refractivity contribution is -0.144. The summed E-state index contributed by atoms with van der Waals surface area (Å²) in [7, 11) is 0. The first-order valence-corrected chi connectivity index (χ1v) is 8.76. The molecule has 1 heterocycles. The highest BCUT2D eigenvalue weighted by Gasteiger charge is 2.39. The van der Waals surface area contributed by atoms with Crippen molar-refractivity contribution in [2.24, 2.45) is 11.8 Å². The van der Waals surface area contributed by atoms with Crippen molar-refractivity contribution < 1.29 is 19.5 Å². The summed E-state index contributed by atoms with van der Waals surface area (Å²) in [6, 6.07) is 3.76. The van der Waals surface area contributed by atoms with Crippen LogP contribution in [0.2, 0.25) is 10.0 Å². The Bertz CT molecular complexity index is 693. The van der Waals surface area contributed by atoms with E-state index in [0.717, 1.165) is 0 Å². The molecular weight excluding hydrogens is 367 g/mol. The Labute approximate surface area is 156 Å². The largest absolute Gasteiger partial charge is 0.480 e. The van der Waals surface area contributed by atoms with Gasteiger partial charge in [-0.15, -0.1) is 0 Å². The number of rotatable bonds is 6. The normalized spacial score (nSPS) is 18.5. The fourth-order valence-electron chi connectivity index (χ4n) is 2.82. The van der Waals surface area contributed by atoms with Crippen molar-refractivity contribution in [3.8, 4) is 0 Å². The molecule has 8 heteroatoms. The van der Waals surface area contributed by atoms with E-state index in [1.807, 2.05) is 13.8 Å². The average Bonchev–Trinajstić information content (AvgIpc) is 2.90. The SMILES string of the molecule is CC(C)CC(NC(=O)C1CCN(c2cc(Cl)ccc2Cl)C1=O)C(=O)O. The van der Waals surface area contributed by atoms with Crippen molar-refractivity contribution in [2.75, 3.05) is 11.4 Å². The van der Waals surface area contributed by atoms with Crippen LogP contribution in [0.1, 0.15) is 26.7 Å². The van der Waals surface area contributed by atoms with Crippen molar-refractivity contribution in [1.82, 2.24) is 5.32 Å². The van der Waals surface area contributed by atoms with E-state index in [-0.39, 0.29) is 5.92 Å². The number of hydrogen-bond acceptors (Lipinski definition) is 3. The molecule has 0 aliphatic carbocycles. The molecule has 1 aliphatic rings. The van der Waals surface area contributed by atoms with E-state index in [0.29, 0.717) is 35.1 Å². The number of amides is 2. The van der Waals surface area contributed by atoms with Gasteiger partial charge in [0, 0.05) is 11.6 Å². The zero-order chi connectivity index (χ0) is 18.7. The molecule has 0 spiro atoms. The van der Waals surface area contributed by atoms with Crippen LogP contribution >= 0.6 is 23.2 Å². The molecule has 1 aromatic carbocycles. The predicted octanol–water partition coefficient (Wildman–Crippen LogP) is 2.96. The smallest absolute Gasteiger partial charge is 0.326 e. The Morgan fingerprint density at radius 1 is 1.36 bits per heavy atom. The fraction of sp³-hybridized carbons (Fsp3) is 0.471. The Balaban J connectivity index is 2.11. The Hall–Kier alpha value is -1.79. The lowest BCUT2D eigenvalue weighted by Gasteiger charge is -2.20.